The Balaban J connectivity index is 2.24. The molecule has 1 N–H and O–H groups in total. The Morgan fingerprint density at radius 2 is 2.07 bits per heavy atom. The summed E-state index contributed by atoms with van der Waals surface area (Å²) in [5.74, 6) is 1.60. The second kappa shape index (κ2) is 4.09. The number of H-pyrrole nitrogens is 1. The minimum atomic E-state index is 0.742. The van der Waals surface area contributed by atoms with Crippen LogP contribution < -0.4 is 0 Å². The van der Waals surface area contributed by atoms with Crippen LogP contribution in [-0.2, 0) is 6.42 Å². The first-order valence-electron chi connectivity index (χ1n) is 4.87. The molecule has 1 aromatic heterocycles. The molecule has 0 radical (unpaired) electrons. The van der Waals surface area contributed by atoms with Crippen molar-refractivity contribution < 1.29 is 0 Å². The van der Waals surface area contributed by atoms with Gasteiger partial charge in [0.15, 0.2) is 5.82 Å². The third-order valence-corrected chi connectivity index (χ3v) is 2.03. The third-order valence-electron chi connectivity index (χ3n) is 2.03. The molecule has 0 saturated heterocycles. The molecule has 0 aliphatic rings. The molecule has 0 amide bonds. The van der Waals surface area contributed by atoms with E-state index in [0.29, 0.717) is 0 Å². The van der Waals surface area contributed by atoms with Gasteiger partial charge in [0.2, 0.25) is 0 Å². The number of nitrogens with zero attached hydrogens (tertiary/aromatic N) is 2. The standard InChI is InChI=1S/C12H13N3/c1-9(2)8-11-13-12(15-14-11)10-6-4-3-5-7-10/h3-7H,1,8H2,2H3,(H,13,14,15). The number of hydrogen-bond donors (Lipinski definition) is 1. The lowest BCUT2D eigenvalue weighted by Crippen LogP contribution is -1.88. The van der Waals surface area contributed by atoms with E-state index in [2.05, 4.69) is 21.8 Å². The maximum atomic E-state index is 4.39. The quantitative estimate of drug-likeness (QED) is 0.772. The van der Waals surface area contributed by atoms with Crippen molar-refractivity contribution in [1.29, 1.82) is 0 Å². The lowest BCUT2D eigenvalue weighted by atomic mass is 10.2. The van der Waals surface area contributed by atoms with Crippen LogP contribution in [-0.4, -0.2) is 15.2 Å². The van der Waals surface area contributed by atoms with Crippen molar-refractivity contribution in [3.8, 4) is 11.4 Å². The highest BCUT2D eigenvalue weighted by Crippen LogP contribution is 2.13. The fourth-order valence-corrected chi connectivity index (χ4v) is 1.38. The second-order valence-electron chi connectivity index (χ2n) is 3.61. The zero-order valence-electron chi connectivity index (χ0n) is 8.70. The molecule has 3 heteroatoms. The van der Waals surface area contributed by atoms with Crippen molar-refractivity contribution in [2.45, 2.75) is 13.3 Å². The van der Waals surface area contributed by atoms with Crippen LogP contribution in [0.3, 0.4) is 0 Å². The molecular formula is C12H13N3. The summed E-state index contributed by atoms with van der Waals surface area (Å²) in [6.07, 6.45) is 0.750. The van der Waals surface area contributed by atoms with Gasteiger partial charge in [-0.3, -0.25) is 5.10 Å². The molecule has 3 nitrogen and oxygen atoms in total. The lowest BCUT2D eigenvalue weighted by Gasteiger charge is -1.93. The van der Waals surface area contributed by atoms with Crippen LogP contribution in [0, 0.1) is 0 Å². The lowest BCUT2D eigenvalue weighted by molar-refractivity contribution is 0.961. The minimum absolute atomic E-state index is 0.742. The zero-order chi connectivity index (χ0) is 10.7. The molecule has 2 rings (SSSR count). The Labute approximate surface area is 88.9 Å². The number of aromatic nitrogens is 3. The normalized spacial score (nSPS) is 10.2. The first-order chi connectivity index (χ1) is 7.25. The van der Waals surface area contributed by atoms with Crippen LogP contribution in [0.4, 0.5) is 0 Å². The number of nitrogens with one attached hydrogen (secondary N) is 1. The van der Waals surface area contributed by atoms with Crippen LogP contribution in [0.15, 0.2) is 42.5 Å². The van der Waals surface area contributed by atoms with Crippen molar-refractivity contribution in [2.24, 2.45) is 0 Å². The SMILES string of the molecule is C=C(C)Cc1nc(-c2ccccc2)n[nH]1. The summed E-state index contributed by atoms with van der Waals surface area (Å²) < 4.78 is 0. The van der Waals surface area contributed by atoms with Crippen molar-refractivity contribution in [2.75, 3.05) is 0 Å². The number of allylic oxidation sites excluding steroid dienone is 1. The van der Waals surface area contributed by atoms with Crippen LogP contribution in [0.5, 0.6) is 0 Å². The summed E-state index contributed by atoms with van der Waals surface area (Å²) >= 11 is 0. The Morgan fingerprint density at radius 3 is 2.73 bits per heavy atom. The van der Waals surface area contributed by atoms with Crippen LogP contribution in [0.1, 0.15) is 12.7 Å². The number of benzene rings is 1. The predicted molar refractivity (Wildman–Crippen MR) is 60.3 cm³/mol. The molecule has 0 aliphatic carbocycles. The van der Waals surface area contributed by atoms with Crippen molar-refractivity contribution in [3.05, 3.63) is 48.3 Å². The fraction of sp³-hybridized carbons (Fsp3) is 0.167. The number of rotatable bonds is 3. The molecule has 76 valence electrons. The summed E-state index contributed by atoms with van der Waals surface area (Å²) in [5.41, 5.74) is 2.10. The number of aromatic amines is 1. The smallest absolute Gasteiger partial charge is 0.181 e. The average Bonchev–Trinajstić information content (AvgIpc) is 2.67. The van der Waals surface area contributed by atoms with E-state index in [1.165, 1.54) is 0 Å². The van der Waals surface area contributed by atoms with E-state index in [-0.39, 0.29) is 0 Å². The zero-order valence-corrected chi connectivity index (χ0v) is 8.70. The van der Waals surface area contributed by atoms with Gasteiger partial charge < -0.3 is 0 Å². The van der Waals surface area contributed by atoms with Gasteiger partial charge in [-0.25, -0.2) is 4.98 Å². The highest BCUT2D eigenvalue weighted by Gasteiger charge is 2.04. The molecule has 0 aliphatic heterocycles. The van der Waals surface area contributed by atoms with E-state index in [1.807, 2.05) is 37.3 Å². The average molecular weight is 199 g/mol. The van der Waals surface area contributed by atoms with Gasteiger partial charge in [-0.15, -0.1) is 0 Å². The maximum Gasteiger partial charge on any atom is 0.181 e. The minimum Gasteiger partial charge on any atom is -0.262 e. The van der Waals surface area contributed by atoms with Gasteiger partial charge in [-0.1, -0.05) is 42.5 Å². The van der Waals surface area contributed by atoms with Crippen molar-refractivity contribution in [1.82, 2.24) is 15.2 Å². The van der Waals surface area contributed by atoms with Gasteiger partial charge in [-0.05, 0) is 6.92 Å². The van der Waals surface area contributed by atoms with Crippen LogP contribution in [0.25, 0.3) is 11.4 Å². The molecule has 0 fully saturated rings. The summed E-state index contributed by atoms with van der Waals surface area (Å²) in [6.45, 7) is 5.82. The first-order valence-corrected chi connectivity index (χ1v) is 4.87. The molecular weight excluding hydrogens is 186 g/mol. The van der Waals surface area contributed by atoms with E-state index in [0.717, 1.165) is 29.2 Å². The summed E-state index contributed by atoms with van der Waals surface area (Å²) in [6, 6.07) is 9.92. The third kappa shape index (κ3) is 2.31. The molecule has 1 heterocycles. The Hall–Kier alpha value is -1.90. The molecule has 2 aromatic rings. The molecule has 0 unspecified atom stereocenters. The van der Waals surface area contributed by atoms with Crippen molar-refractivity contribution in [3.63, 3.8) is 0 Å². The van der Waals surface area contributed by atoms with Crippen molar-refractivity contribution >= 4 is 0 Å². The van der Waals surface area contributed by atoms with E-state index >= 15 is 0 Å². The predicted octanol–water partition coefficient (Wildman–Crippen LogP) is 2.59. The maximum absolute atomic E-state index is 4.39. The molecule has 0 atom stereocenters. The van der Waals surface area contributed by atoms with E-state index < -0.39 is 0 Å². The summed E-state index contributed by atoms with van der Waals surface area (Å²) in [7, 11) is 0. The summed E-state index contributed by atoms with van der Waals surface area (Å²) in [5, 5.41) is 7.08. The van der Waals surface area contributed by atoms with E-state index in [9.17, 15) is 0 Å². The van der Waals surface area contributed by atoms with Gasteiger partial charge in [0.05, 0.1) is 0 Å². The van der Waals surface area contributed by atoms with E-state index in [1.54, 1.807) is 0 Å². The molecule has 0 spiro atoms. The van der Waals surface area contributed by atoms with Gasteiger partial charge in [-0.2, -0.15) is 5.10 Å². The first kappa shape index (κ1) is 9.65. The van der Waals surface area contributed by atoms with Gasteiger partial charge in [0.25, 0.3) is 0 Å². The molecule has 0 bridgehead atoms. The fourth-order valence-electron chi connectivity index (χ4n) is 1.38. The van der Waals surface area contributed by atoms with Crippen LogP contribution >= 0.6 is 0 Å². The van der Waals surface area contributed by atoms with E-state index in [4.69, 9.17) is 0 Å². The largest absolute Gasteiger partial charge is 0.262 e. The molecule has 15 heavy (non-hydrogen) atoms. The topological polar surface area (TPSA) is 41.6 Å². The van der Waals surface area contributed by atoms with Gasteiger partial charge >= 0.3 is 0 Å². The summed E-state index contributed by atoms with van der Waals surface area (Å²) in [4.78, 5) is 4.39. The Morgan fingerprint density at radius 1 is 1.33 bits per heavy atom. The molecule has 1 aromatic carbocycles. The monoisotopic (exact) mass is 199 g/mol. The van der Waals surface area contributed by atoms with Crippen LogP contribution in [0.2, 0.25) is 0 Å². The van der Waals surface area contributed by atoms with Gasteiger partial charge in [0.1, 0.15) is 5.82 Å². The second-order valence-corrected chi connectivity index (χ2v) is 3.61. The highest BCUT2D eigenvalue weighted by molar-refractivity contribution is 5.53. The van der Waals surface area contributed by atoms with Gasteiger partial charge in [0, 0.05) is 12.0 Å². The highest BCUT2D eigenvalue weighted by atomic mass is 15.2. The molecule has 0 saturated carbocycles. The Bertz CT molecular complexity index is 457. The number of hydrogen-bond acceptors (Lipinski definition) is 2. The Kier molecular flexibility index (Phi) is 2.63.